The van der Waals surface area contributed by atoms with Gasteiger partial charge in [0.25, 0.3) is 0 Å². The summed E-state index contributed by atoms with van der Waals surface area (Å²) in [6.07, 6.45) is 1.62. The molecule has 116 valence electrons. The third kappa shape index (κ3) is 2.86. The fourth-order valence-electron chi connectivity index (χ4n) is 2.24. The SMILES string of the molecule is CN(C)c1ccc(S(=O)(=O)N2CCC(C)(C(=O)O)C2)cn1. The zero-order valence-corrected chi connectivity index (χ0v) is 13.1. The normalized spacial score (nSPS) is 23.2. The van der Waals surface area contributed by atoms with E-state index >= 15 is 0 Å². The number of anilines is 1. The molecule has 1 aromatic rings. The molecule has 1 unspecified atom stereocenters. The Morgan fingerprint density at radius 1 is 1.43 bits per heavy atom. The van der Waals surface area contributed by atoms with Gasteiger partial charge in [-0.2, -0.15) is 4.31 Å². The minimum absolute atomic E-state index is 0.0138. The first-order valence-electron chi connectivity index (χ1n) is 6.54. The third-order valence-corrected chi connectivity index (χ3v) is 5.60. The van der Waals surface area contributed by atoms with E-state index in [1.807, 2.05) is 14.1 Å². The van der Waals surface area contributed by atoms with Crippen LogP contribution in [-0.4, -0.2) is 56.0 Å². The highest BCUT2D eigenvalue weighted by Crippen LogP contribution is 2.33. The molecule has 0 aromatic carbocycles. The summed E-state index contributed by atoms with van der Waals surface area (Å²) in [6.45, 7) is 1.76. The molecule has 2 rings (SSSR count). The average Bonchev–Trinajstić information content (AvgIpc) is 2.84. The first kappa shape index (κ1) is 15.7. The molecule has 7 nitrogen and oxygen atoms in total. The van der Waals surface area contributed by atoms with Gasteiger partial charge in [-0.15, -0.1) is 0 Å². The molecule has 1 atom stereocenters. The van der Waals surface area contributed by atoms with Crippen molar-refractivity contribution in [3.05, 3.63) is 18.3 Å². The number of aliphatic carboxylic acids is 1. The first-order valence-corrected chi connectivity index (χ1v) is 7.98. The molecule has 1 fully saturated rings. The van der Waals surface area contributed by atoms with Gasteiger partial charge >= 0.3 is 5.97 Å². The van der Waals surface area contributed by atoms with Crippen LogP contribution in [0, 0.1) is 5.41 Å². The maximum atomic E-state index is 12.5. The summed E-state index contributed by atoms with van der Waals surface area (Å²) in [7, 11) is -0.0672. The largest absolute Gasteiger partial charge is 0.481 e. The van der Waals surface area contributed by atoms with Crippen LogP contribution in [-0.2, 0) is 14.8 Å². The number of nitrogens with zero attached hydrogens (tertiary/aromatic N) is 3. The topological polar surface area (TPSA) is 90.8 Å². The molecule has 0 amide bonds. The lowest BCUT2D eigenvalue weighted by atomic mass is 9.90. The molecule has 1 aliphatic heterocycles. The van der Waals surface area contributed by atoms with Crippen LogP contribution in [0.1, 0.15) is 13.3 Å². The summed E-state index contributed by atoms with van der Waals surface area (Å²) in [6, 6.07) is 3.12. The monoisotopic (exact) mass is 313 g/mol. The van der Waals surface area contributed by atoms with E-state index in [1.165, 1.54) is 16.6 Å². The van der Waals surface area contributed by atoms with Crippen LogP contribution >= 0.6 is 0 Å². The minimum atomic E-state index is -3.70. The number of sulfonamides is 1. The molecule has 0 bridgehead atoms. The van der Waals surface area contributed by atoms with Crippen molar-refractivity contribution < 1.29 is 18.3 Å². The maximum absolute atomic E-state index is 12.5. The van der Waals surface area contributed by atoms with Gasteiger partial charge in [-0.25, -0.2) is 13.4 Å². The van der Waals surface area contributed by atoms with E-state index in [2.05, 4.69) is 4.98 Å². The summed E-state index contributed by atoms with van der Waals surface area (Å²) in [5.41, 5.74) is -1.02. The predicted molar refractivity (Wildman–Crippen MR) is 77.7 cm³/mol. The second-order valence-corrected chi connectivity index (χ2v) is 7.64. The molecular weight excluding hydrogens is 294 g/mol. The van der Waals surface area contributed by atoms with Gasteiger partial charge in [0.15, 0.2) is 0 Å². The zero-order valence-electron chi connectivity index (χ0n) is 12.3. The summed E-state index contributed by atoms with van der Waals surface area (Å²) >= 11 is 0. The van der Waals surface area contributed by atoms with Gasteiger partial charge in [0, 0.05) is 33.4 Å². The van der Waals surface area contributed by atoms with E-state index < -0.39 is 21.4 Å². The van der Waals surface area contributed by atoms with Crippen LogP contribution in [0.25, 0.3) is 0 Å². The first-order chi connectivity index (χ1) is 9.67. The lowest BCUT2D eigenvalue weighted by Crippen LogP contribution is -2.34. The summed E-state index contributed by atoms with van der Waals surface area (Å²) in [5, 5.41) is 9.18. The van der Waals surface area contributed by atoms with Crippen molar-refractivity contribution in [2.24, 2.45) is 5.41 Å². The van der Waals surface area contributed by atoms with Gasteiger partial charge in [-0.05, 0) is 25.5 Å². The van der Waals surface area contributed by atoms with E-state index in [-0.39, 0.29) is 18.0 Å². The van der Waals surface area contributed by atoms with Crippen molar-refractivity contribution in [1.82, 2.24) is 9.29 Å². The van der Waals surface area contributed by atoms with Crippen molar-refractivity contribution in [3.63, 3.8) is 0 Å². The van der Waals surface area contributed by atoms with Gasteiger partial charge in [0.2, 0.25) is 10.0 Å². The van der Waals surface area contributed by atoms with E-state index in [0.717, 1.165) is 0 Å². The van der Waals surface area contributed by atoms with Crippen LogP contribution in [0.3, 0.4) is 0 Å². The standard InChI is InChI=1S/C13H19N3O4S/c1-13(12(17)18)6-7-16(9-13)21(19,20)10-4-5-11(14-8-10)15(2)3/h4-5,8H,6-7,9H2,1-3H3,(H,17,18). The molecule has 21 heavy (non-hydrogen) atoms. The number of carbonyl (C=O) groups is 1. The summed E-state index contributed by atoms with van der Waals surface area (Å²) < 4.78 is 26.2. The van der Waals surface area contributed by atoms with Crippen molar-refractivity contribution in [1.29, 1.82) is 0 Å². The number of carboxylic acid groups (broad SMARTS) is 1. The Bertz CT molecular complexity index is 642. The molecule has 8 heteroatoms. The van der Waals surface area contributed by atoms with Crippen LogP contribution < -0.4 is 4.90 Å². The van der Waals surface area contributed by atoms with E-state index in [1.54, 1.807) is 17.9 Å². The number of hydrogen-bond acceptors (Lipinski definition) is 5. The van der Waals surface area contributed by atoms with Gasteiger partial charge in [-0.1, -0.05) is 0 Å². The number of carboxylic acids is 1. The minimum Gasteiger partial charge on any atom is -0.481 e. The highest BCUT2D eigenvalue weighted by atomic mass is 32.2. The van der Waals surface area contributed by atoms with Crippen molar-refractivity contribution in [2.75, 3.05) is 32.1 Å². The summed E-state index contributed by atoms with van der Waals surface area (Å²) in [5.74, 6) is -0.313. The van der Waals surface area contributed by atoms with E-state index in [9.17, 15) is 18.3 Å². The van der Waals surface area contributed by atoms with Gasteiger partial charge in [0.05, 0.1) is 5.41 Å². The fourth-order valence-corrected chi connectivity index (χ4v) is 3.75. The Morgan fingerprint density at radius 3 is 2.52 bits per heavy atom. The number of pyridine rings is 1. The van der Waals surface area contributed by atoms with E-state index in [4.69, 9.17) is 0 Å². The molecule has 1 N–H and O–H groups in total. The Labute approximate surface area is 124 Å². The molecule has 2 heterocycles. The van der Waals surface area contributed by atoms with E-state index in [0.29, 0.717) is 12.2 Å². The quantitative estimate of drug-likeness (QED) is 0.877. The van der Waals surface area contributed by atoms with Crippen molar-refractivity contribution in [2.45, 2.75) is 18.2 Å². The molecule has 1 saturated heterocycles. The van der Waals surface area contributed by atoms with Crippen LogP contribution in [0.4, 0.5) is 5.82 Å². The van der Waals surface area contributed by atoms with Gasteiger partial charge < -0.3 is 10.0 Å². The smallest absolute Gasteiger partial charge is 0.310 e. The Morgan fingerprint density at radius 2 is 2.10 bits per heavy atom. The van der Waals surface area contributed by atoms with Crippen molar-refractivity contribution >= 4 is 21.8 Å². The van der Waals surface area contributed by atoms with Crippen molar-refractivity contribution in [3.8, 4) is 0 Å². The Hall–Kier alpha value is -1.67. The highest BCUT2D eigenvalue weighted by Gasteiger charge is 2.44. The lowest BCUT2D eigenvalue weighted by molar-refractivity contribution is -0.146. The molecule has 0 aliphatic carbocycles. The zero-order chi connectivity index (χ0) is 15.8. The third-order valence-electron chi connectivity index (χ3n) is 3.77. The lowest BCUT2D eigenvalue weighted by Gasteiger charge is -2.20. The maximum Gasteiger partial charge on any atom is 0.310 e. The fraction of sp³-hybridized carbons (Fsp3) is 0.538. The highest BCUT2D eigenvalue weighted by molar-refractivity contribution is 7.89. The number of aromatic nitrogens is 1. The second-order valence-electron chi connectivity index (χ2n) is 5.70. The molecular formula is C13H19N3O4S. The molecule has 0 spiro atoms. The Balaban J connectivity index is 2.25. The molecule has 0 saturated carbocycles. The number of rotatable bonds is 4. The van der Waals surface area contributed by atoms with Crippen LogP contribution in [0.15, 0.2) is 23.2 Å². The predicted octanol–water partition coefficient (Wildman–Crippen LogP) is 0.633. The van der Waals surface area contributed by atoms with Gasteiger partial charge in [-0.3, -0.25) is 4.79 Å². The summed E-state index contributed by atoms with van der Waals surface area (Å²) in [4.78, 5) is 17.2. The van der Waals surface area contributed by atoms with Crippen LogP contribution in [0.2, 0.25) is 0 Å². The average molecular weight is 313 g/mol. The molecule has 1 aliphatic rings. The number of hydrogen-bond donors (Lipinski definition) is 1. The second kappa shape index (κ2) is 5.27. The molecule has 0 radical (unpaired) electrons. The Kier molecular flexibility index (Phi) is 3.94. The van der Waals surface area contributed by atoms with Crippen LogP contribution in [0.5, 0.6) is 0 Å². The molecule has 1 aromatic heterocycles. The van der Waals surface area contributed by atoms with Gasteiger partial charge in [0.1, 0.15) is 10.7 Å².